The molecule has 0 aliphatic rings. The summed E-state index contributed by atoms with van der Waals surface area (Å²) >= 11 is 6.05. The van der Waals surface area contributed by atoms with Gasteiger partial charge in [0.15, 0.2) is 0 Å². The van der Waals surface area contributed by atoms with Crippen LogP contribution in [0.4, 0.5) is 0 Å². The molecule has 0 saturated heterocycles. The molecule has 116 valence electrons. The van der Waals surface area contributed by atoms with Crippen molar-refractivity contribution in [3.8, 4) is 5.75 Å². The van der Waals surface area contributed by atoms with Crippen molar-refractivity contribution >= 4 is 23.5 Å². The Bertz CT molecular complexity index is 516. The van der Waals surface area contributed by atoms with Gasteiger partial charge < -0.3 is 15.2 Å². The van der Waals surface area contributed by atoms with Gasteiger partial charge in [-0.3, -0.25) is 4.79 Å². The third-order valence-electron chi connectivity index (χ3n) is 2.94. The minimum atomic E-state index is -1.05. The number of carboxylic acids is 1. The Labute approximate surface area is 129 Å². The molecule has 1 amide bonds. The highest BCUT2D eigenvalue weighted by Gasteiger charge is 2.24. The fourth-order valence-electron chi connectivity index (χ4n) is 1.91. The van der Waals surface area contributed by atoms with Crippen LogP contribution in [0.15, 0.2) is 18.2 Å². The number of aliphatic carboxylic acids is 1. The van der Waals surface area contributed by atoms with E-state index in [1.54, 1.807) is 32.0 Å². The lowest BCUT2D eigenvalue weighted by Gasteiger charge is -2.18. The molecular formula is C15H20ClNO4. The summed E-state index contributed by atoms with van der Waals surface area (Å²) in [4.78, 5) is 23.1. The summed E-state index contributed by atoms with van der Waals surface area (Å²) in [6, 6.07) is 4.24. The number of carboxylic acid groups (broad SMARTS) is 1. The Morgan fingerprint density at radius 1 is 1.38 bits per heavy atom. The van der Waals surface area contributed by atoms with Gasteiger partial charge in [-0.05, 0) is 18.9 Å². The van der Waals surface area contributed by atoms with E-state index in [1.165, 1.54) is 0 Å². The van der Waals surface area contributed by atoms with Gasteiger partial charge in [-0.25, -0.2) is 4.79 Å². The molecule has 0 spiro atoms. The van der Waals surface area contributed by atoms with E-state index >= 15 is 0 Å². The van der Waals surface area contributed by atoms with E-state index < -0.39 is 12.0 Å². The largest absolute Gasteiger partial charge is 0.492 e. The molecule has 0 aromatic heterocycles. The molecule has 0 unspecified atom stereocenters. The standard InChI is InChI=1S/C15H20ClNO4/c1-4-21-14-10(6-5-7-11(14)16)8-12(18)17-13(9(2)3)15(19)20/h5-7,9,13H,4,8H2,1-3H3,(H,17,18)(H,19,20)/t13-/m1/s1. The first-order valence-electron chi connectivity index (χ1n) is 6.79. The van der Waals surface area contributed by atoms with Crippen LogP contribution in [0.1, 0.15) is 26.3 Å². The van der Waals surface area contributed by atoms with Gasteiger partial charge in [0.1, 0.15) is 11.8 Å². The van der Waals surface area contributed by atoms with Gasteiger partial charge in [0, 0.05) is 5.56 Å². The normalized spacial score (nSPS) is 12.0. The average molecular weight is 314 g/mol. The van der Waals surface area contributed by atoms with Gasteiger partial charge in [-0.1, -0.05) is 37.6 Å². The first-order valence-corrected chi connectivity index (χ1v) is 7.17. The zero-order chi connectivity index (χ0) is 16.0. The van der Waals surface area contributed by atoms with Crippen LogP contribution in [-0.2, 0) is 16.0 Å². The second-order valence-corrected chi connectivity index (χ2v) is 5.37. The monoisotopic (exact) mass is 313 g/mol. The molecule has 21 heavy (non-hydrogen) atoms. The minimum Gasteiger partial charge on any atom is -0.492 e. The molecule has 1 atom stereocenters. The van der Waals surface area contributed by atoms with Gasteiger partial charge in [0.2, 0.25) is 5.91 Å². The van der Waals surface area contributed by atoms with Crippen molar-refractivity contribution in [3.63, 3.8) is 0 Å². The van der Waals surface area contributed by atoms with Gasteiger partial charge >= 0.3 is 5.97 Å². The number of halogens is 1. The molecule has 1 aromatic carbocycles. The highest BCUT2D eigenvalue weighted by molar-refractivity contribution is 6.32. The molecule has 0 heterocycles. The predicted molar refractivity (Wildman–Crippen MR) is 80.7 cm³/mol. The van der Waals surface area contributed by atoms with Crippen molar-refractivity contribution in [2.24, 2.45) is 5.92 Å². The van der Waals surface area contributed by atoms with Crippen molar-refractivity contribution < 1.29 is 19.4 Å². The van der Waals surface area contributed by atoms with Crippen LogP contribution < -0.4 is 10.1 Å². The first-order chi connectivity index (χ1) is 9.86. The van der Waals surface area contributed by atoms with Crippen LogP contribution in [0, 0.1) is 5.92 Å². The van der Waals surface area contributed by atoms with Crippen LogP contribution in [0.25, 0.3) is 0 Å². The number of rotatable bonds is 7. The SMILES string of the molecule is CCOc1c(Cl)cccc1CC(=O)N[C@@H](C(=O)O)C(C)C. The molecule has 0 saturated carbocycles. The summed E-state index contributed by atoms with van der Waals surface area (Å²) in [6.07, 6.45) is 0.0202. The van der Waals surface area contributed by atoms with Gasteiger partial charge in [-0.15, -0.1) is 0 Å². The quantitative estimate of drug-likeness (QED) is 0.811. The molecular weight excluding hydrogens is 294 g/mol. The summed E-state index contributed by atoms with van der Waals surface area (Å²) < 4.78 is 5.44. The predicted octanol–water partition coefficient (Wildman–Crippen LogP) is 2.51. The van der Waals surface area contributed by atoms with E-state index in [1.807, 2.05) is 6.92 Å². The van der Waals surface area contributed by atoms with E-state index in [0.29, 0.717) is 22.9 Å². The number of benzene rings is 1. The Hall–Kier alpha value is -1.75. The topological polar surface area (TPSA) is 75.6 Å². The average Bonchev–Trinajstić information content (AvgIpc) is 2.39. The maximum Gasteiger partial charge on any atom is 0.326 e. The Morgan fingerprint density at radius 3 is 2.57 bits per heavy atom. The number of carbonyl (C=O) groups excluding carboxylic acids is 1. The van der Waals surface area contributed by atoms with Crippen molar-refractivity contribution in [3.05, 3.63) is 28.8 Å². The summed E-state index contributed by atoms with van der Waals surface area (Å²) in [6.45, 7) is 5.74. The number of hydrogen-bond acceptors (Lipinski definition) is 3. The fraction of sp³-hybridized carbons (Fsp3) is 0.467. The molecule has 0 aliphatic carbocycles. The first kappa shape index (κ1) is 17.3. The highest BCUT2D eigenvalue weighted by atomic mass is 35.5. The Morgan fingerprint density at radius 2 is 2.05 bits per heavy atom. The molecule has 6 heteroatoms. The molecule has 0 fully saturated rings. The lowest BCUT2D eigenvalue weighted by Crippen LogP contribution is -2.44. The Kier molecular flexibility index (Phi) is 6.49. The molecule has 0 bridgehead atoms. The van der Waals surface area contributed by atoms with Crippen LogP contribution in [0.5, 0.6) is 5.75 Å². The number of amides is 1. The zero-order valence-electron chi connectivity index (χ0n) is 12.4. The summed E-state index contributed by atoms with van der Waals surface area (Å²) in [5.74, 6) is -1.15. The van der Waals surface area contributed by atoms with E-state index in [9.17, 15) is 9.59 Å². The maximum absolute atomic E-state index is 12.0. The molecule has 2 N–H and O–H groups in total. The van der Waals surface area contributed by atoms with Gasteiger partial charge in [-0.2, -0.15) is 0 Å². The van der Waals surface area contributed by atoms with Gasteiger partial charge in [0.05, 0.1) is 18.1 Å². The summed E-state index contributed by atoms with van der Waals surface area (Å²) in [7, 11) is 0. The van der Waals surface area contributed by atoms with E-state index in [0.717, 1.165) is 0 Å². The third-order valence-corrected chi connectivity index (χ3v) is 3.24. The zero-order valence-corrected chi connectivity index (χ0v) is 13.1. The number of nitrogens with one attached hydrogen (secondary N) is 1. The summed E-state index contributed by atoms with van der Waals surface area (Å²) in [5, 5.41) is 12.0. The number of hydrogen-bond donors (Lipinski definition) is 2. The van der Waals surface area contributed by atoms with E-state index in [4.69, 9.17) is 21.4 Å². The van der Waals surface area contributed by atoms with Crippen LogP contribution in [0.3, 0.4) is 0 Å². The molecule has 0 aliphatic heterocycles. The summed E-state index contributed by atoms with van der Waals surface area (Å²) in [5.41, 5.74) is 0.634. The minimum absolute atomic E-state index is 0.0202. The van der Waals surface area contributed by atoms with Crippen molar-refractivity contribution in [2.75, 3.05) is 6.61 Å². The Balaban J connectivity index is 2.84. The fourth-order valence-corrected chi connectivity index (χ4v) is 2.16. The molecule has 0 radical (unpaired) electrons. The second kappa shape index (κ2) is 7.88. The van der Waals surface area contributed by atoms with Crippen molar-refractivity contribution in [2.45, 2.75) is 33.2 Å². The van der Waals surface area contributed by atoms with Crippen LogP contribution >= 0.6 is 11.6 Å². The third kappa shape index (κ3) is 4.93. The molecule has 1 aromatic rings. The van der Waals surface area contributed by atoms with Crippen molar-refractivity contribution in [1.29, 1.82) is 0 Å². The van der Waals surface area contributed by atoms with Crippen molar-refractivity contribution in [1.82, 2.24) is 5.32 Å². The van der Waals surface area contributed by atoms with E-state index in [2.05, 4.69) is 5.32 Å². The smallest absolute Gasteiger partial charge is 0.326 e. The lowest BCUT2D eigenvalue weighted by atomic mass is 10.0. The lowest BCUT2D eigenvalue weighted by molar-refractivity contribution is -0.143. The number of ether oxygens (including phenoxy) is 1. The number of para-hydroxylation sites is 1. The maximum atomic E-state index is 12.0. The van der Waals surface area contributed by atoms with Gasteiger partial charge in [0.25, 0.3) is 0 Å². The van der Waals surface area contributed by atoms with E-state index in [-0.39, 0.29) is 18.2 Å². The van der Waals surface area contributed by atoms with Crippen LogP contribution in [0.2, 0.25) is 5.02 Å². The van der Waals surface area contributed by atoms with Crippen LogP contribution in [-0.4, -0.2) is 29.6 Å². The highest BCUT2D eigenvalue weighted by Crippen LogP contribution is 2.29. The molecule has 5 nitrogen and oxygen atoms in total. The number of carbonyl (C=O) groups is 2. The second-order valence-electron chi connectivity index (χ2n) is 4.97. The molecule has 1 rings (SSSR count).